The molecule has 0 aliphatic rings. The van der Waals surface area contributed by atoms with E-state index in [1.807, 2.05) is 18.2 Å². The van der Waals surface area contributed by atoms with Crippen LogP contribution < -0.4 is 20.1 Å². The van der Waals surface area contributed by atoms with Gasteiger partial charge in [0.05, 0.1) is 14.2 Å². The number of rotatable bonds is 7. The second kappa shape index (κ2) is 12.0. The van der Waals surface area contributed by atoms with Gasteiger partial charge in [0.15, 0.2) is 17.5 Å². The molecule has 0 aliphatic heterocycles. The van der Waals surface area contributed by atoms with Crippen molar-refractivity contribution >= 4 is 45.9 Å². The predicted octanol–water partition coefficient (Wildman–Crippen LogP) is 4.13. The van der Waals surface area contributed by atoms with E-state index in [2.05, 4.69) is 31.6 Å². The number of methoxy groups -OCH3 is 2. The van der Waals surface area contributed by atoms with Crippen LogP contribution in [0.25, 0.3) is 0 Å². The van der Waals surface area contributed by atoms with Gasteiger partial charge in [-0.3, -0.25) is 4.99 Å². The first-order chi connectivity index (χ1) is 12.6. The Morgan fingerprint density at radius 2 is 1.81 bits per heavy atom. The first kappa shape index (κ1) is 23.5. The topological polar surface area (TPSA) is 54.9 Å². The van der Waals surface area contributed by atoms with Crippen molar-refractivity contribution in [3.8, 4) is 11.5 Å². The van der Waals surface area contributed by atoms with E-state index in [1.165, 1.54) is 6.07 Å². The molecular weight excluding hydrogens is 528 g/mol. The summed E-state index contributed by atoms with van der Waals surface area (Å²) in [6, 6.07) is 10.4. The lowest BCUT2D eigenvalue weighted by Crippen LogP contribution is -2.37. The molecule has 8 heteroatoms. The van der Waals surface area contributed by atoms with Crippen molar-refractivity contribution in [2.24, 2.45) is 4.99 Å². The molecule has 27 heavy (non-hydrogen) atoms. The van der Waals surface area contributed by atoms with Gasteiger partial charge >= 0.3 is 0 Å². The lowest BCUT2D eigenvalue weighted by Gasteiger charge is -2.15. The Kier molecular flexibility index (Phi) is 10.5. The zero-order valence-electron chi connectivity index (χ0n) is 15.5. The van der Waals surface area contributed by atoms with Crippen molar-refractivity contribution in [1.82, 2.24) is 10.6 Å². The Morgan fingerprint density at radius 3 is 2.44 bits per heavy atom. The predicted molar refractivity (Wildman–Crippen MR) is 121 cm³/mol. The second-order valence-corrected chi connectivity index (χ2v) is 6.39. The molecule has 0 saturated heterocycles. The summed E-state index contributed by atoms with van der Waals surface area (Å²) in [4.78, 5) is 4.21. The fourth-order valence-electron chi connectivity index (χ4n) is 2.45. The summed E-state index contributed by atoms with van der Waals surface area (Å²) in [5.41, 5.74) is 1.95. The van der Waals surface area contributed by atoms with Crippen LogP contribution in [-0.2, 0) is 13.0 Å². The highest BCUT2D eigenvalue weighted by Gasteiger charge is 2.10. The molecule has 2 N–H and O–H groups in total. The van der Waals surface area contributed by atoms with Gasteiger partial charge in [-0.2, -0.15) is 0 Å². The zero-order valence-corrected chi connectivity index (χ0v) is 19.4. The minimum absolute atomic E-state index is 0. The summed E-state index contributed by atoms with van der Waals surface area (Å²) in [5.74, 6) is 1.79. The summed E-state index contributed by atoms with van der Waals surface area (Å²) >= 11 is 3.54. The lowest BCUT2D eigenvalue weighted by atomic mass is 10.1. The Labute approximate surface area is 184 Å². The van der Waals surface area contributed by atoms with E-state index >= 15 is 0 Å². The Balaban J connectivity index is 0.00000364. The molecule has 2 rings (SSSR count). The first-order valence-electron chi connectivity index (χ1n) is 8.16. The number of guanidine groups is 1. The van der Waals surface area contributed by atoms with Crippen LogP contribution in [0.1, 0.15) is 11.1 Å². The third-order valence-electron chi connectivity index (χ3n) is 3.82. The number of benzene rings is 2. The van der Waals surface area contributed by atoms with E-state index in [1.54, 1.807) is 33.4 Å². The van der Waals surface area contributed by atoms with Gasteiger partial charge in [0, 0.05) is 24.6 Å². The van der Waals surface area contributed by atoms with Crippen molar-refractivity contribution in [1.29, 1.82) is 0 Å². The smallest absolute Gasteiger partial charge is 0.191 e. The molecule has 0 bridgehead atoms. The molecular formula is C19H24BrFIN3O2. The first-order valence-corrected chi connectivity index (χ1v) is 8.96. The lowest BCUT2D eigenvalue weighted by molar-refractivity contribution is 0.354. The van der Waals surface area contributed by atoms with Crippen molar-refractivity contribution in [2.45, 2.75) is 13.0 Å². The van der Waals surface area contributed by atoms with Crippen LogP contribution >= 0.6 is 39.9 Å². The summed E-state index contributed by atoms with van der Waals surface area (Å²) in [5, 5.41) is 6.47. The number of aliphatic imine (C=N–C) groups is 1. The normalized spacial score (nSPS) is 10.8. The summed E-state index contributed by atoms with van der Waals surface area (Å²) in [6.45, 7) is 1.21. The van der Waals surface area contributed by atoms with E-state index in [4.69, 9.17) is 9.47 Å². The van der Waals surface area contributed by atoms with Crippen molar-refractivity contribution in [3.05, 3.63) is 57.8 Å². The maximum Gasteiger partial charge on any atom is 0.191 e. The molecule has 0 saturated carbocycles. The van der Waals surface area contributed by atoms with Crippen LogP contribution in [0, 0.1) is 5.82 Å². The fraction of sp³-hybridized carbons (Fsp3) is 0.316. The fourth-order valence-corrected chi connectivity index (χ4v) is 2.91. The number of hydrogen-bond acceptors (Lipinski definition) is 3. The van der Waals surface area contributed by atoms with Gasteiger partial charge in [0.25, 0.3) is 0 Å². The van der Waals surface area contributed by atoms with E-state index < -0.39 is 0 Å². The number of ether oxygens (including phenoxy) is 2. The second-order valence-electron chi connectivity index (χ2n) is 5.53. The molecule has 0 fully saturated rings. The molecule has 5 nitrogen and oxygen atoms in total. The third kappa shape index (κ3) is 7.17. The minimum atomic E-state index is -0.219. The van der Waals surface area contributed by atoms with Gasteiger partial charge < -0.3 is 20.1 Å². The quantitative estimate of drug-likeness (QED) is 0.309. The Morgan fingerprint density at radius 1 is 1.11 bits per heavy atom. The maximum atomic E-state index is 13.2. The van der Waals surface area contributed by atoms with Gasteiger partial charge in [-0.25, -0.2) is 4.39 Å². The number of nitrogens with zero attached hydrogens (tertiary/aromatic N) is 1. The summed E-state index contributed by atoms with van der Waals surface area (Å²) in [7, 11) is 4.92. The van der Waals surface area contributed by atoms with Crippen LogP contribution in [0.15, 0.2) is 45.9 Å². The molecule has 0 radical (unpaired) electrons. The van der Waals surface area contributed by atoms with E-state index in [-0.39, 0.29) is 29.8 Å². The summed E-state index contributed by atoms with van der Waals surface area (Å²) in [6.07, 6.45) is 0.707. The molecule has 2 aromatic carbocycles. The van der Waals surface area contributed by atoms with Gasteiger partial charge in [0.1, 0.15) is 5.82 Å². The maximum absolute atomic E-state index is 13.2. The highest BCUT2D eigenvalue weighted by atomic mass is 127. The third-order valence-corrected chi connectivity index (χ3v) is 4.56. The van der Waals surface area contributed by atoms with Crippen molar-refractivity contribution in [2.75, 3.05) is 27.8 Å². The highest BCUT2D eigenvalue weighted by Crippen LogP contribution is 2.33. The van der Waals surface area contributed by atoms with Gasteiger partial charge in [0.2, 0.25) is 0 Å². The molecule has 0 heterocycles. The van der Waals surface area contributed by atoms with Crippen LogP contribution in [0.2, 0.25) is 0 Å². The molecule has 0 aliphatic carbocycles. The Hall–Kier alpha value is -1.55. The zero-order chi connectivity index (χ0) is 18.9. The van der Waals surface area contributed by atoms with Crippen LogP contribution in [0.5, 0.6) is 11.5 Å². The number of halogens is 3. The van der Waals surface area contributed by atoms with Crippen molar-refractivity contribution in [3.63, 3.8) is 0 Å². The number of hydrogen-bond donors (Lipinski definition) is 2. The van der Waals surface area contributed by atoms with Crippen LogP contribution in [0.4, 0.5) is 4.39 Å². The van der Waals surface area contributed by atoms with Crippen LogP contribution in [-0.4, -0.2) is 33.8 Å². The average Bonchev–Trinajstić information content (AvgIpc) is 2.65. The van der Waals surface area contributed by atoms with Crippen LogP contribution in [0.3, 0.4) is 0 Å². The molecule has 148 valence electrons. The van der Waals surface area contributed by atoms with E-state index in [0.29, 0.717) is 37.0 Å². The molecule has 0 amide bonds. The molecule has 0 aromatic heterocycles. The number of nitrogens with one attached hydrogen (secondary N) is 2. The average molecular weight is 552 g/mol. The largest absolute Gasteiger partial charge is 0.493 e. The minimum Gasteiger partial charge on any atom is -0.493 e. The monoisotopic (exact) mass is 551 g/mol. The highest BCUT2D eigenvalue weighted by molar-refractivity contribution is 14.0. The molecule has 0 atom stereocenters. The molecule has 0 spiro atoms. The van der Waals surface area contributed by atoms with Gasteiger partial charge in [-0.15, -0.1) is 24.0 Å². The summed E-state index contributed by atoms with van der Waals surface area (Å²) < 4.78 is 24.7. The molecule has 2 aromatic rings. The van der Waals surface area contributed by atoms with E-state index in [9.17, 15) is 4.39 Å². The Bertz CT molecular complexity index is 775. The van der Waals surface area contributed by atoms with E-state index in [0.717, 1.165) is 15.6 Å². The standard InChI is InChI=1S/C19H23BrFN3O2.HI/c1-22-19(23-8-7-13-5-4-6-15(21)9-13)24-12-14-10-17(25-2)18(26-3)11-16(14)20;/h4-6,9-11H,7-8,12H2,1-3H3,(H2,22,23,24);1H. The molecule has 0 unspecified atom stereocenters. The van der Waals surface area contributed by atoms with Gasteiger partial charge in [-0.05, 0) is 41.8 Å². The van der Waals surface area contributed by atoms with Crippen molar-refractivity contribution < 1.29 is 13.9 Å². The van der Waals surface area contributed by atoms with Gasteiger partial charge in [-0.1, -0.05) is 28.1 Å². The SMILES string of the molecule is CN=C(NCCc1cccc(F)c1)NCc1cc(OC)c(OC)cc1Br.I.